The monoisotopic (exact) mass is 230 g/mol. The molecule has 0 spiro atoms. The van der Waals surface area contributed by atoms with Gasteiger partial charge in [0.05, 0.1) is 12.6 Å². The summed E-state index contributed by atoms with van der Waals surface area (Å²) < 4.78 is 10.6. The van der Waals surface area contributed by atoms with Gasteiger partial charge in [0.1, 0.15) is 5.60 Å². The lowest BCUT2D eigenvalue weighted by Gasteiger charge is -2.24. The van der Waals surface area contributed by atoms with Gasteiger partial charge in [-0.2, -0.15) is 0 Å². The van der Waals surface area contributed by atoms with Crippen LogP contribution in [0.25, 0.3) is 0 Å². The first-order valence-electron chi connectivity index (χ1n) is 5.58. The van der Waals surface area contributed by atoms with Crippen molar-refractivity contribution in [3.8, 4) is 0 Å². The van der Waals surface area contributed by atoms with Crippen molar-refractivity contribution >= 4 is 6.09 Å². The van der Waals surface area contributed by atoms with Crippen LogP contribution in [-0.2, 0) is 9.47 Å². The van der Waals surface area contributed by atoms with E-state index in [1.807, 2.05) is 20.8 Å². The van der Waals surface area contributed by atoms with Crippen molar-refractivity contribution in [2.75, 3.05) is 26.7 Å². The predicted octanol–water partition coefficient (Wildman–Crippen LogP) is 0.827. The second kappa shape index (κ2) is 5.01. The highest BCUT2D eigenvalue weighted by Gasteiger charge is 2.36. The van der Waals surface area contributed by atoms with Gasteiger partial charge in [0.15, 0.2) is 0 Å². The number of amides is 1. The van der Waals surface area contributed by atoms with Gasteiger partial charge in [-0.05, 0) is 27.3 Å². The van der Waals surface area contributed by atoms with Crippen molar-refractivity contribution in [2.45, 2.75) is 32.5 Å². The molecule has 1 rings (SSSR count). The summed E-state index contributed by atoms with van der Waals surface area (Å²) in [6.45, 7) is 7.27. The van der Waals surface area contributed by atoms with E-state index < -0.39 is 5.60 Å². The van der Waals surface area contributed by atoms with Crippen molar-refractivity contribution in [1.29, 1.82) is 0 Å². The van der Waals surface area contributed by atoms with E-state index in [0.29, 0.717) is 19.6 Å². The number of hydrogen-bond acceptors (Lipinski definition) is 4. The lowest BCUT2D eigenvalue weighted by atomic mass is 10.1. The predicted molar refractivity (Wildman–Crippen MR) is 61.1 cm³/mol. The van der Waals surface area contributed by atoms with Crippen molar-refractivity contribution in [3.05, 3.63) is 0 Å². The Kier molecular flexibility index (Phi) is 4.15. The molecule has 0 saturated carbocycles. The topological polar surface area (TPSA) is 64.8 Å². The third-order valence-corrected chi connectivity index (χ3v) is 2.64. The number of nitrogens with two attached hydrogens (primary N) is 1. The number of rotatable bonds is 2. The van der Waals surface area contributed by atoms with E-state index in [0.717, 1.165) is 0 Å². The van der Waals surface area contributed by atoms with Crippen LogP contribution >= 0.6 is 0 Å². The summed E-state index contributed by atoms with van der Waals surface area (Å²) >= 11 is 0. The Hall–Kier alpha value is -0.810. The van der Waals surface area contributed by atoms with E-state index >= 15 is 0 Å². The summed E-state index contributed by atoms with van der Waals surface area (Å²) in [7, 11) is 1.64. The molecule has 94 valence electrons. The largest absolute Gasteiger partial charge is 0.444 e. The van der Waals surface area contributed by atoms with Crippen molar-refractivity contribution in [2.24, 2.45) is 11.7 Å². The first-order chi connectivity index (χ1) is 7.37. The molecule has 0 radical (unpaired) electrons. The molecule has 0 aromatic rings. The summed E-state index contributed by atoms with van der Waals surface area (Å²) in [5.41, 5.74) is 5.17. The number of ether oxygens (including phenoxy) is 2. The van der Waals surface area contributed by atoms with Gasteiger partial charge in [-0.25, -0.2) is 4.79 Å². The lowest BCUT2D eigenvalue weighted by Crippen LogP contribution is -2.36. The standard InChI is InChI=1S/C11H22N2O3/c1-11(2,3)16-10(14)13-6-8(5-12)9(7-13)15-4/h8-9H,5-7,12H2,1-4H3/t8-,9-/m0/s1. The Labute approximate surface area is 96.9 Å². The average molecular weight is 230 g/mol. The van der Waals surface area contributed by atoms with Crippen LogP contribution in [-0.4, -0.2) is 49.4 Å². The number of nitrogens with zero attached hydrogens (tertiary/aromatic N) is 1. The van der Waals surface area contributed by atoms with Crippen LogP contribution in [0.4, 0.5) is 4.79 Å². The maximum Gasteiger partial charge on any atom is 0.410 e. The third-order valence-electron chi connectivity index (χ3n) is 2.64. The molecular formula is C11H22N2O3. The normalized spacial score (nSPS) is 25.9. The molecule has 5 heteroatoms. The summed E-state index contributed by atoms with van der Waals surface area (Å²) in [6.07, 6.45) is -0.261. The van der Waals surface area contributed by atoms with Gasteiger partial charge < -0.3 is 20.1 Å². The minimum atomic E-state index is -0.458. The van der Waals surface area contributed by atoms with Crippen LogP contribution in [0.3, 0.4) is 0 Å². The van der Waals surface area contributed by atoms with Gasteiger partial charge in [0.25, 0.3) is 0 Å². The van der Waals surface area contributed by atoms with Gasteiger partial charge in [-0.15, -0.1) is 0 Å². The van der Waals surface area contributed by atoms with E-state index in [1.54, 1.807) is 12.0 Å². The molecule has 0 aromatic heterocycles. The zero-order chi connectivity index (χ0) is 12.3. The number of likely N-dealkylation sites (tertiary alicyclic amines) is 1. The van der Waals surface area contributed by atoms with Crippen LogP contribution in [0.2, 0.25) is 0 Å². The molecule has 2 atom stereocenters. The third kappa shape index (κ3) is 3.35. The molecule has 0 aromatic carbocycles. The Bertz CT molecular complexity index is 238. The van der Waals surface area contributed by atoms with Crippen molar-refractivity contribution in [3.63, 3.8) is 0 Å². The van der Waals surface area contributed by atoms with Crippen molar-refractivity contribution < 1.29 is 14.3 Å². The summed E-state index contributed by atoms with van der Waals surface area (Å²) in [4.78, 5) is 13.5. The second-order valence-corrected chi connectivity index (χ2v) is 5.16. The highest BCUT2D eigenvalue weighted by Crippen LogP contribution is 2.21. The lowest BCUT2D eigenvalue weighted by molar-refractivity contribution is 0.0251. The number of carbonyl (C=O) groups excluding carboxylic acids is 1. The zero-order valence-electron chi connectivity index (χ0n) is 10.5. The van der Waals surface area contributed by atoms with E-state index in [1.165, 1.54) is 0 Å². The van der Waals surface area contributed by atoms with Gasteiger partial charge >= 0.3 is 6.09 Å². The Balaban J connectivity index is 2.54. The van der Waals surface area contributed by atoms with Gasteiger partial charge in [-0.3, -0.25) is 0 Å². The van der Waals surface area contributed by atoms with Crippen LogP contribution in [0.1, 0.15) is 20.8 Å². The molecule has 1 fully saturated rings. The molecular weight excluding hydrogens is 208 g/mol. The van der Waals surface area contributed by atoms with Crippen LogP contribution in [0.5, 0.6) is 0 Å². The summed E-state index contributed by atoms with van der Waals surface area (Å²) in [5.74, 6) is 0.206. The number of hydrogen-bond donors (Lipinski definition) is 1. The fourth-order valence-electron chi connectivity index (χ4n) is 1.81. The molecule has 1 amide bonds. The molecule has 2 N–H and O–H groups in total. The molecule has 0 bridgehead atoms. The van der Waals surface area contributed by atoms with Crippen LogP contribution < -0.4 is 5.73 Å². The fraction of sp³-hybridized carbons (Fsp3) is 0.909. The van der Waals surface area contributed by atoms with Crippen molar-refractivity contribution in [1.82, 2.24) is 4.90 Å². The number of methoxy groups -OCH3 is 1. The summed E-state index contributed by atoms with van der Waals surface area (Å²) in [6, 6.07) is 0. The molecule has 16 heavy (non-hydrogen) atoms. The minimum Gasteiger partial charge on any atom is -0.444 e. The maximum atomic E-state index is 11.8. The van der Waals surface area contributed by atoms with Gasteiger partial charge in [0, 0.05) is 19.6 Å². The zero-order valence-corrected chi connectivity index (χ0v) is 10.5. The first-order valence-corrected chi connectivity index (χ1v) is 5.58. The number of carbonyl (C=O) groups is 1. The Morgan fingerprint density at radius 3 is 2.44 bits per heavy atom. The van der Waals surface area contributed by atoms with E-state index in [2.05, 4.69) is 0 Å². The molecule has 0 aliphatic carbocycles. The summed E-state index contributed by atoms with van der Waals surface area (Å²) in [5, 5.41) is 0. The smallest absolute Gasteiger partial charge is 0.410 e. The fourth-order valence-corrected chi connectivity index (χ4v) is 1.81. The molecule has 1 heterocycles. The SMILES string of the molecule is CO[C@H]1CN(C(=O)OC(C)(C)C)C[C@@H]1CN. The maximum absolute atomic E-state index is 11.8. The van der Waals surface area contributed by atoms with Crippen LogP contribution in [0.15, 0.2) is 0 Å². The molecule has 1 aliphatic rings. The molecule has 1 aliphatic heterocycles. The first kappa shape index (κ1) is 13.3. The molecule has 1 saturated heterocycles. The van der Waals surface area contributed by atoms with Gasteiger partial charge in [-0.1, -0.05) is 0 Å². The van der Waals surface area contributed by atoms with Crippen LogP contribution in [0, 0.1) is 5.92 Å². The molecule has 0 unspecified atom stereocenters. The quantitative estimate of drug-likeness (QED) is 0.763. The average Bonchev–Trinajstić information content (AvgIpc) is 2.57. The Morgan fingerprint density at radius 1 is 1.44 bits per heavy atom. The second-order valence-electron chi connectivity index (χ2n) is 5.16. The van der Waals surface area contributed by atoms with E-state index in [9.17, 15) is 4.79 Å². The minimum absolute atomic E-state index is 0.0255. The van der Waals surface area contributed by atoms with Gasteiger partial charge in [0.2, 0.25) is 0 Å². The molecule has 5 nitrogen and oxygen atoms in total. The Morgan fingerprint density at radius 2 is 2.06 bits per heavy atom. The van der Waals surface area contributed by atoms with E-state index in [4.69, 9.17) is 15.2 Å². The highest BCUT2D eigenvalue weighted by molar-refractivity contribution is 5.68. The highest BCUT2D eigenvalue weighted by atomic mass is 16.6. The van der Waals surface area contributed by atoms with E-state index in [-0.39, 0.29) is 18.1 Å².